The molecule has 0 N–H and O–H groups in total. The summed E-state index contributed by atoms with van der Waals surface area (Å²) in [7, 11) is 4.44. The molecule has 11 heteroatoms. The Kier molecular flexibility index (Phi) is 6.40. The molecule has 1 aromatic heterocycles. The third-order valence-electron chi connectivity index (χ3n) is 4.75. The van der Waals surface area contributed by atoms with Crippen molar-refractivity contribution < 1.29 is 28.7 Å². The van der Waals surface area contributed by atoms with Crippen LogP contribution in [0.1, 0.15) is 20.0 Å². The largest absolute Gasteiger partial charge is 0.493 e. The lowest BCUT2D eigenvalue weighted by molar-refractivity contribution is -0.380. The number of carbonyl (C=O) groups excluding carboxylic acids is 2. The highest BCUT2D eigenvalue weighted by Crippen LogP contribution is 2.38. The van der Waals surface area contributed by atoms with E-state index in [2.05, 4.69) is 0 Å². The van der Waals surface area contributed by atoms with E-state index in [1.165, 1.54) is 33.5 Å². The van der Waals surface area contributed by atoms with E-state index in [1.54, 1.807) is 21.9 Å². The Bertz CT molecular complexity index is 942. The number of hydrogen-bond acceptors (Lipinski definition) is 8. The summed E-state index contributed by atoms with van der Waals surface area (Å²) in [5, 5.41) is 10.7. The third-order valence-corrected chi connectivity index (χ3v) is 5.77. The number of hydrogen-bond donors (Lipinski definition) is 0. The van der Waals surface area contributed by atoms with Gasteiger partial charge in [-0.25, -0.2) is 0 Å². The molecule has 2 amide bonds. The van der Waals surface area contributed by atoms with Crippen LogP contribution in [-0.4, -0.2) is 74.0 Å². The van der Waals surface area contributed by atoms with Crippen molar-refractivity contribution in [1.29, 1.82) is 0 Å². The number of benzene rings is 1. The fourth-order valence-electron chi connectivity index (χ4n) is 3.20. The number of ether oxygens (including phenoxy) is 3. The lowest BCUT2D eigenvalue weighted by Gasteiger charge is -2.34. The zero-order chi connectivity index (χ0) is 21.8. The van der Waals surface area contributed by atoms with Crippen molar-refractivity contribution >= 4 is 28.2 Å². The molecule has 0 atom stereocenters. The second kappa shape index (κ2) is 8.99. The van der Waals surface area contributed by atoms with Crippen LogP contribution in [0.5, 0.6) is 17.2 Å². The second-order valence-corrected chi connectivity index (χ2v) is 7.46. The zero-order valence-corrected chi connectivity index (χ0v) is 17.6. The molecule has 1 aliphatic heterocycles. The van der Waals surface area contributed by atoms with Gasteiger partial charge in [-0.15, -0.1) is 0 Å². The van der Waals surface area contributed by atoms with E-state index in [0.29, 0.717) is 53.9 Å². The molecule has 1 aromatic carbocycles. The van der Waals surface area contributed by atoms with Crippen LogP contribution < -0.4 is 14.2 Å². The number of thiophene rings is 1. The van der Waals surface area contributed by atoms with Crippen molar-refractivity contribution in [2.24, 2.45) is 0 Å². The van der Waals surface area contributed by atoms with Crippen LogP contribution in [0.3, 0.4) is 0 Å². The quantitative estimate of drug-likeness (QED) is 0.505. The molecule has 1 fully saturated rings. The first-order valence-corrected chi connectivity index (χ1v) is 9.84. The average molecular weight is 435 g/mol. The van der Waals surface area contributed by atoms with Gasteiger partial charge >= 0.3 is 5.00 Å². The van der Waals surface area contributed by atoms with Crippen LogP contribution >= 0.6 is 11.3 Å². The number of carbonyl (C=O) groups is 2. The number of methoxy groups -OCH3 is 3. The Morgan fingerprint density at radius 2 is 1.47 bits per heavy atom. The number of rotatable bonds is 6. The first-order valence-electron chi connectivity index (χ1n) is 9.02. The highest BCUT2D eigenvalue weighted by Gasteiger charge is 2.28. The van der Waals surface area contributed by atoms with E-state index in [-0.39, 0.29) is 16.8 Å². The topological polar surface area (TPSA) is 111 Å². The molecule has 0 unspecified atom stereocenters. The molecule has 3 rings (SSSR count). The molecule has 2 aromatic rings. The first kappa shape index (κ1) is 21.4. The summed E-state index contributed by atoms with van der Waals surface area (Å²) < 4.78 is 15.9. The Balaban J connectivity index is 1.69. The van der Waals surface area contributed by atoms with Gasteiger partial charge < -0.3 is 24.0 Å². The molecule has 0 bridgehead atoms. The predicted molar refractivity (Wildman–Crippen MR) is 109 cm³/mol. The Morgan fingerprint density at radius 1 is 0.933 bits per heavy atom. The zero-order valence-electron chi connectivity index (χ0n) is 16.7. The molecule has 0 saturated carbocycles. The summed E-state index contributed by atoms with van der Waals surface area (Å²) in [6.45, 7) is 1.35. The monoisotopic (exact) mass is 435 g/mol. The predicted octanol–water partition coefficient (Wildman–Crippen LogP) is 2.28. The molecule has 1 aliphatic rings. The van der Waals surface area contributed by atoms with Gasteiger partial charge in [-0.3, -0.25) is 19.7 Å². The highest BCUT2D eigenvalue weighted by atomic mass is 32.1. The van der Waals surface area contributed by atoms with E-state index in [1.807, 2.05) is 0 Å². The van der Waals surface area contributed by atoms with Crippen LogP contribution in [0.4, 0.5) is 5.00 Å². The number of nitrogens with zero attached hydrogens (tertiary/aromatic N) is 3. The normalized spacial score (nSPS) is 13.7. The minimum atomic E-state index is -0.518. The molecule has 0 spiro atoms. The molecule has 0 aliphatic carbocycles. The summed E-state index contributed by atoms with van der Waals surface area (Å²) in [6.07, 6.45) is 0. The molecule has 160 valence electrons. The van der Waals surface area contributed by atoms with Crippen molar-refractivity contribution in [1.82, 2.24) is 9.80 Å². The SMILES string of the molecule is COc1cc(C(=O)N2CCN(C(=O)c3ccc([N+](=O)[O-])s3)CC2)cc(OC)c1OC. The summed E-state index contributed by atoms with van der Waals surface area (Å²) in [6, 6.07) is 5.96. The maximum absolute atomic E-state index is 13.0. The van der Waals surface area contributed by atoms with E-state index < -0.39 is 4.92 Å². The van der Waals surface area contributed by atoms with Gasteiger partial charge in [0.2, 0.25) is 5.75 Å². The summed E-state index contributed by atoms with van der Waals surface area (Å²) in [4.78, 5) is 39.4. The van der Waals surface area contributed by atoms with Gasteiger partial charge in [0.25, 0.3) is 11.8 Å². The van der Waals surface area contributed by atoms with Crippen LogP contribution in [-0.2, 0) is 0 Å². The smallest absolute Gasteiger partial charge is 0.324 e. The lowest BCUT2D eigenvalue weighted by Crippen LogP contribution is -2.50. The van der Waals surface area contributed by atoms with E-state index in [0.717, 1.165) is 11.3 Å². The molecule has 30 heavy (non-hydrogen) atoms. The minimum absolute atomic E-state index is 0.0745. The van der Waals surface area contributed by atoms with Crippen molar-refractivity contribution in [3.05, 3.63) is 44.8 Å². The molecule has 2 heterocycles. The number of amides is 2. The van der Waals surface area contributed by atoms with E-state index in [4.69, 9.17) is 14.2 Å². The van der Waals surface area contributed by atoms with Crippen molar-refractivity contribution in [2.75, 3.05) is 47.5 Å². The molecule has 10 nitrogen and oxygen atoms in total. The second-order valence-electron chi connectivity index (χ2n) is 6.39. The van der Waals surface area contributed by atoms with Gasteiger partial charge in [0.05, 0.1) is 31.1 Å². The standard InChI is InChI=1S/C19H21N3O7S/c1-27-13-10-12(11-14(28-2)17(13)29-3)18(23)20-6-8-21(9-7-20)19(24)15-4-5-16(30-15)22(25)26/h4-5,10-11H,6-9H2,1-3H3. The average Bonchev–Trinajstić information content (AvgIpc) is 3.27. The van der Waals surface area contributed by atoms with Crippen molar-refractivity contribution in [2.45, 2.75) is 0 Å². The molecule has 0 radical (unpaired) electrons. The number of nitro groups is 1. The van der Waals surface area contributed by atoms with Crippen LogP contribution in [0.2, 0.25) is 0 Å². The first-order chi connectivity index (χ1) is 14.4. The lowest BCUT2D eigenvalue weighted by atomic mass is 10.1. The highest BCUT2D eigenvalue weighted by molar-refractivity contribution is 7.17. The van der Waals surface area contributed by atoms with E-state index >= 15 is 0 Å². The van der Waals surface area contributed by atoms with Crippen LogP contribution in [0.25, 0.3) is 0 Å². The third kappa shape index (κ3) is 4.15. The van der Waals surface area contributed by atoms with Gasteiger partial charge in [-0.2, -0.15) is 0 Å². The summed E-state index contributed by atoms with van der Waals surface area (Å²) >= 11 is 0.848. The summed E-state index contributed by atoms with van der Waals surface area (Å²) in [5.41, 5.74) is 0.387. The Morgan fingerprint density at radius 3 is 1.90 bits per heavy atom. The van der Waals surface area contributed by atoms with Gasteiger partial charge in [0, 0.05) is 37.8 Å². The van der Waals surface area contributed by atoms with Gasteiger partial charge in [0.15, 0.2) is 11.5 Å². The van der Waals surface area contributed by atoms with Crippen LogP contribution in [0.15, 0.2) is 24.3 Å². The van der Waals surface area contributed by atoms with Crippen LogP contribution in [0, 0.1) is 10.1 Å². The molecule has 1 saturated heterocycles. The van der Waals surface area contributed by atoms with Gasteiger partial charge in [-0.1, -0.05) is 11.3 Å². The van der Waals surface area contributed by atoms with E-state index in [9.17, 15) is 19.7 Å². The van der Waals surface area contributed by atoms with Crippen molar-refractivity contribution in [3.63, 3.8) is 0 Å². The fourth-order valence-corrected chi connectivity index (χ4v) is 3.98. The van der Waals surface area contributed by atoms with Gasteiger partial charge in [0.1, 0.15) is 0 Å². The maximum Gasteiger partial charge on any atom is 0.324 e. The molecular weight excluding hydrogens is 414 g/mol. The Labute approximate surface area is 176 Å². The minimum Gasteiger partial charge on any atom is -0.493 e. The van der Waals surface area contributed by atoms with Crippen molar-refractivity contribution in [3.8, 4) is 17.2 Å². The maximum atomic E-state index is 13.0. The molecular formula is C19H21N3O7S. The number of piperazine rings is 1. The van der Waals surface area contributed by atoms with Gasteiger partial charge in [-0.05, 0) is 18.2 Å². The Hall–Kier alpha value is -3.34. The fraction of sp³-hybridized carbons (Fsp3) is 0.368. The summed E-state index contributed by atoms with van der Waals surface area (Å²) in [5.74, 6) is 0.680.